The van der Waals surface area contributed by atoms with E-state index in [1.54, 1.807) is 0 Å². The highest BCUT2D eigenvalue weighted by Crippen LogP contribution is 2.51. The predicted octanol–water partition coefficient (Wildman–Crippen LogP) is 4.19. The molecule has 0 radical (unpaired) electrons. The first-order valence-corrected chi connectivity index (χ1v) is 6.63. The summed E-state index contributed by atoms with van der Waals surface area (Å²) >= 11 is 7.45. The summed E-state index contributed by atoms with van der Waals surface area (Å²) in [5.74, 6) is 0. The van der Waals surface area contributed by atoms with Crippen LogP contribution >= 0.6 is 22.9 Å². The molecule has 1 unspecified atom stereocenters. The van der Waals surface area contributed by atoms with Crippen LogP contribution < -0.4 is 0 Å². The highest BCUT2D eigenvalue weighted by molar-refractivity contribution is 7.16. The number of halogens is 1. The van der Waals surface area contributed by atoms with Gasteiger partial charge in [0.1, 0.15) is 5.60 Å². The Morgan fingerprint density at radius 2 is 1.93 bits per heavy atom. The van der Waals surface area contributed by atoms with Crippen molar-refractivity contribution in [3.63, 3.8) is 0 Å². The summed E-state index contributed by atoms with van der Waals surface area (Å²) in [5.41, 5.74) is -0.720. The van der Waals surface area contributed by atoms with Gasteiger partial charge in [0.05, 0.1) is 4.34 Å². The van der Waals surface area contributed by atoms with Crippen molar-refractivity contribution in [2.75, 3.05) is 0 Å². The Kier molecular flexibility index (Phi) is 2.87. The lowest BCUT2D eigenvalue weighted by Gasteiger charge is -2.46. The van der Waals surface area contributed by atoms with E-state index in [1.807, 2.05) is 12.1 Å². The van der Waals surface area contributed by atoms with Crippen molar-refractivity contribution >= 4 is 22.9 Å². The van der Waals surface area contributed by atoms with E-state index in [0.717, 1.165) is 28.5 Å². The van der Waals surface area contributed by atoms with Crippen molar-refractivity contribution in [3.05, 3.63) is 21.3 Å². The molecule has 84 valence electrons. The first kappa shape index (κ1) is 11.4. The van der Waals surface area contributed by atoms with Crippen LogP contribution in [0.3, 0.4) is 0 Å². The third-order valence-corrected chi connectivity index (χ3v) is 5.07. The van der Waals surface area contributed by atoms with Crippen LogP contribution in [0.1, 0.15) is 44.4 Å². The Balaban J connectivity index is 2.39. The number of aliphatic hydroxyl groups is 1. The van der Waals surface area contributed by atoms with Crippen molar-refractivity contribution in [2.24, 2.45) is 5.41 Å². The van der Waals surface area contributed by atoms with Crippen molar-refractivity contribution in [1.29, 1.82) is 0 Å². The maximum absolute atomic E-state index is 10.8. The second-order valence-corrected chi connectivity index (χ2v) is 6.77. The lowest BCUT2D eigenvalue weighted by Crippen LogP contribution is -2.43. The zero-order valence-electron chi connectivity index (χ0n) is 9.22. The molecule has 1 atom stereocenters. The fourth-order valence-electron chi connectivity index (χ4n) is 2.49. The number of rotatable bonds is 1. The Hall–Kier alpha value is -0.0500. The third-order valence-electron chi connectivity index (χ3n) is 3.69. The summed E-state index contributed by atoms with van der Waals surface area (Å²) < 4.78 is 0.764. The monoisotopic (exact) mass is 244 g/mol. The fraction of sp³-hybridized carbons (Fsp3) is 0.667. The summed E-state index contributed by atoms with van der Waals surface area (Å²) in [6, 6.07) is 3.85. The van der Waals surface area contributed by atoms with E-state index in [-0.39, 0.29) is 5.41 Å². The molecule has 1 aliphatic rings. The highest BCUT2D eigenvalue weighted by atomic mass is 35.5. The molecule has 0 amide bonds. The molecule has 15 heavy (non-hydrogen) atoms. The van der Waals surface area contributed by atoms with Crippen LogP contribution in [0.25, 0.3) is 0 Å². The smallest absolute Gasteiger partial charge is 0.104 e. The molecule has 1 heterocycles. The largest absolute Gasteiger partial charge is 0.384 e. The Morgan fingerprint density at radius 3 is 2.47 bits per heavy atom. The molecule has 0 aromatic carbocycles. The summed E-state index contributed by atoms with van der Waals surface area (Å²) in [7, 11) is 0. The second kappa shape index (κ2) is 3.76. The molecule has 1 N–H and O–H groups in total. The standard InChI is InChI=1S/C12H17ClOS/c1-11(2)7-3-4-8-12(11,14)9-5-6-10(13)15-9/h5-6,14H,3-4,7-8H2,1-2H3. The molecule has 1 aromatic heterocycles. The molecule has 0 bridgehead atoms. The van der Waals surface area contributed by atoms with E-state index in [0.29, 0.717) is 0 Å². The average molecular weight is 245 g/mol. The van der Waals surface area contributed by atoms with Gasteiger partial charge in [-0.05, 0) is 30.4 Å². The van der Waals surface area contributed by atoms with E-state index >= 15 is 0 Å². The quantitative estimate of drug-likeness (QED) is 0.786. The van der Waals surface area contributed by atoms with E-state index in [1.165, 1.54) is 17.8 Å². The van der Waals surface area contributed by atoms with Gasteiger partial charge in [0.25, 0.3) is 0 Å². The van der Waals surface area contributed by atoms with E-state index in [2.05, 4.69) is 13.8 Å². The molecule has 1 saturated carbocycles. The molecule has 1 fully saturated rings. The number of thiophene rings is 1. The molecule has 0 saturated heterocycles. The SMILES string of the molecule is CC1(C)CCCCC1(O)c1ccc(Cl)s1. The van der Waals surface area contributed by atoms with E-state index < -0.39 is 5.60 Å². The first-order chi connectivity index (χ1) is 6.96. The summed E-state index contributed by atoms with van der Waals surface area (Å²) in [4.78, 5) is 1.03. The summed E-state index contributed by atoms with van der Waals surface area (Å²) in [6.45, 7) is 4.31. The van der Waals surface area contributed by atoms with Crippen molar-refractivity contribution in [3.8, 4) is 0 Å². The Labute approximate surface area is 100 Å². The molecule has 1 aliphatic carbocycles. The van der Waals surface area contributed by atoms with Crippen LogP contribution in [0.15, 0.2) is 12.1 Å². The molecule has 2 rings (SSSR count). The zero-order chi connectivity index (χ0) is 11.1. The first-order valence-electron chi connectivity index (χ1n) is 5.44. The molecule has 0 aliphatic heterocycles. The van der Waals surface area contributed by atoms with Crippen LogP contribution in [0.5, 0.6) is 0 Å². The van der Waals surface area contributed by atoms with Crippen LogP contribution in [-0.4, -0.2) is 5.11 Å². The zero-order valence-corrected chi connectivity index (χ0v) is 10.8. The minimum absolute atomic E-state index is 0.0422. The number of hydrogen-bond donors (Lipinski definition) is 1. The maximum atomic E-state index is 10.8. The minimum Gasteiger partial charge on any atom is -0.384 e. The van der Waals surface area contributed by atoms with Crippen molar-refractivity contribution in [1.82, 2.24) is 0 Å². The minimum atomic E-state index is -0.678. The van der Waals surface area contributed by atoms with Gasteiger partial charge < -0.3 is 5.11 Å². The topological polar surface area (TPSA) is 20.2 Å². The second-order valence-electron chi connectivity index (χ2n) is 5.06. The van der Waals surface area contributed by atoms with Gasteiger partial charge in [0, 0.05) is 4.88 Å². The highest BCUT2D eigenvalue weighted by Gasteiger charge is 2.47. The van der Waals surface area contributed by atoms with Gasteiger partial charge in [0.15, 0.2) is 0 Å². The summed E-state index contributed by atoms with van der Waals surface area (Å²) in [6.07, 6.45) is 4.26. The van der Waals surface area contributed by atoms with Gasteiger partial charge in [-0.1, -0.05) is 38.3 Å². The summed E-state index contributed by atoms with van der Waals surface area (Å²) in [5, 5.41) is 10.8. The molecule has 1 nitrogen and oxygen atoms in total. The third kappa shape index (κ3) is 1.83. The lowest BCUT2D eigenvalue weighted by atomic mass is 9.65. The van der Waals surface area contributed by atoms with Crippen molar-refractivity contribution < 1.29 is 5.11 Å². The lowest BCUT2D eigenvalue weighted by molar-refractivity contribution is -0.101. The van der Waals surface area contributed by atoms with E-state index in [9.17, 15) is 5.11 Å². The maximum Gasteiger partial charge on any atom is 0.104 e. The molecular weight excluding hydrogens is 228 g/mol. The van der Waals surface area contributed by atoms with Gasteiger partial charge in [-0.2, -0.15) is 0 Å². The van der Waals surface area contributed by atoms with Gasteiger partial charge in [-0.3, -0.25) is 0 Å². The van der Waals surface area contributed by atoms with Crippen molar-refractivity contribution in [2.45, 2.75) is 45.1 Å². The average Bonchev–Trinajstić information content (AvgIpc) is 2.58. The molecule has 3 heteroatoms. The predicted molar refractivity (Wildman–Crippen MR) is 65.5 cm³/mol. The fourth-order valence-corrected chi connectivity index (χ4v) is 3.83. The van der Waals surface area contributed by atoms with Gasteiger partial charge in [-0.25, -0.2) is 0 Å². The molecular formula is C12H17ClOS. The van der Waals surface area contributed by atoms with Gasteiger partial charge in [0.2, 0.25) is 0 Å². The molecule has 1 aromatic rings. The van der Waals surface area contributed by atoms with Crippen LogP contribution in [0.2, 0.25) is 4.34 Å². The van der Waals surface area contributed by atoms with Crippen LogP contribution in [-0.2, 0) is 5.60 Å². The molecule has 0 spiro atoms. The van der Waals surface area contributed by atoms with Crippen LogP contribution in [0, 0.1) is 5.41 Å². The normalized spacial score (nSPS) is 30.4. The Morgan fingerprint density at radius 1 is 1.27 bits per heavy atom. The number of hydrogen-bond acceptors (Lipinski definition) is 2. The van der Waals surface area contributed by atoms with Gasteiger partial charge >= 0.3 is 0 Å². The van der Waals surface area contributed by atoms with E-state index in [4.69, 9.17) is 11.6 Å². The Bertz CT molecular complexity index is 358. The van der Waals surface area contributed by atoms with Gasteiger partial charge in [-0.15, -0.1) is 11.3 Å². The van der Waals surface area contributed by atoms with Crippen LogP contribution in [0.4, 0.5) is 0 Å².